The summed E-state index contributed by atoms with van der Waals surface area (Å²) in [7, 11) is 0. The second-order valence-electron chi connectivity index (χ2n) is 5.85. The lowest BCUT2D eigenvalue weighted by molar-refractivity contribution is -0.137. The lowest BCUT2D eigenvalue weighted by atomic mass is 10.1. The van der Waals surface area contributed by atoms with E-state index in [-0.39, 0.29) is 24.1 Å². The molecule has 0 radical (unpaired) electrons. The number of carbonyl (C=O) groups excluding carboxylic acids is 2. The highest BCUT2D eigenvalue weighted by Crippen LogP contribution is 2.16. The normalized spacial score (nSPS) is 11.2. The van der Waals surface area contributed by atoms with E-state index in [1.807, 2.05) is 30.3 Å². The highest BCUT2D eigenvalue weighted by Gasteiger charge is 2.08. The third-order valence-electron chi connectivity index (χ3n) is 3.85. The minimum atomic E-state index is -2.16. The van der Waals surface area contributed by atoms with Gasteiger partial charge in [-0.25, -0.2) is 14.0 Å². The molecule has 2 aromatic carbocycles. The van der Waals surface area contributed by atoms with Crippen molar-refractivity contribution in [2.75, 3.05) is 6.54 Å². The summed E-state index contributed by atoms with van der Waals surface area (Å²) in [4.78, 5) is 27.9. The van der Waals surface area contributed by atoms with Gasteiger partial charge in [0.1, 0.15) is 6.61 Å². The average Bonchev–Trinajstić information content (AvgIpc) is 2.75. The first kappa shape index (κ1) is 20.2. The van der Waals surface area contributed by atoms with Gasteiger partial charge in [-0.15, -0.1) is 0 Å². The van der Waals surface area contributed by atoms with Crippen LogP contribution in [0.1, 0.15) is 15.9 Å². The monoisotopic (exact) mass is 408 g/mol. The van der Waals surface area contributed by atoms with Gasteiger partial charge in [-0.3, -0.25) is 4.79 Å². The zero-order chi connectivity index (χ0) is 20.6. The van der Waals surface area contributed by atoms with E-state index in [0.29, 0.717) is 16.5 Å². The largest absolute Gasteiger partial charge is 0.451 e. The molecule has 1 aromatic heterocycles. The van der Waals surface area contributed by atoms with Gasteiger partial charge in [-0.1, -0.05) is 36.3 Å². The molecule has 146 valence electrons. The van der Waals surface area contributed by atoms with Crippen molar-refractivity contribution in [2.24, 2.45) is 0 Å². The summed E-state index contributed by atoms with van der Waals surface area (Å²) in [6.07, 6.45) is 0. The van der Waals surface area contributed by atoms with Crippen LogP contribution in [0.2, 0.25) is 0 Å². The number of carbonyl (C=O) groups is 2. The number of benzene rings is 2. The van der Waals surface area contributed by atoms with Crippen molar-refractivity contribution in [3.63, 3.8) is 0 Å². The second-order valence-corrected chi connectivity index (χ2v) is 6.77. The molecule has 2 N–H and O–H groups in total. The van der Waals surface area contributed by atoms with Crippen LogP contribution in [0, 0.1) is 11.8 Å². The number of rotatable bonds is 5. The summed E-state index contributed by atoms with van der Waals surface area (Å²) >= 11 is -2.16. The summed E-state index contributed by atoms with van der Waals surface area (Å²) in [5.41, 5.74) is 1.74. The number of pyridine rings is 1. The predicted molar refractivity (Wildman–Crippen MR) is 107 cm³/mol. The molecule has 3 rings (SSSR count). The van der Waals surface area contributed by atoms with E-state index in [2.05, 4.69) is 22.1 Å². The van der Waals surface area contributed by atoms with Gasteiger partial charge < -0.3 is 14.6 Å². The number of nitrogens with zero attached hydrogens (tertiary/aromatic N) is 1. The molecule has 7 nitrogen and oxygen atoms in total. The van der Waals surface area contributed by atoms with Gasteiger partial charge in [0.25, 0.3) is 5.91 Å². The summed E-state index contributed by atoms with van der Waals surface area (Å²) in [6.45, 7) is 0.120. The SMILES string of the molecule is O=C(C#CCNC(=O)c1ccc2nc(S(=O)O)ccc2c1)OCc1ccccc1. The van der Waals surface area contributed by atoms with E-state index in [0.717, 1.165) is 5.56 Å². The highest BCUT2D eigenvalue weighted by molar-refractivity contribution is 7.79. The molecule has 1 amide bonds. The fraction of sp³-hybridized carbons (Fsp3) is 0.0952. The number of hydrogen-bond donors (Lipinski definition) is 2. The molecule has 0 aliphatic carbocycles. The Kier molecular flexibility index (Phi) is 6.68. The molecule has 1 atom stereocenters. The van der Waals surface area contributed by atoms with Crippen LogP contribution in [-0.4, -0.2) is 32.2 Å². The molecule has 0 bridgehead atoms. The lowest BCUT2D eigenvalue weighted by Gasteiger charge is -2.04. The van der Waals surface area contributed by atoms with Crippen molar-refractivity contribution in [1.29, 1.82) is 0 Å². The van der Waals surface area contributed by atoms with Crippen molar-refractivity contribution in [3.05, 3.63) is 71.8 Å². The highest BCUT2D eigenvalue weighted by atomic mass is 32.2. The summed E-state index contributed by atoms with van der Waals surface area (Å²) in [6, 6.07) is 17.0. The smallest absolute Gasteiger partial charge is 0.384 e. The molecule has 0 fully saturated rings. The molecular weight excluding hydrogens is 392 g/mol. The number of ether oxygens (including phenoxy) is 1. The maximum absolute atomic E-state index is 12.2. The van der Waals surface area contributed by atoms with Crippen LogP contribution in [0.25, 0.3) is 10.9 Å². The van der Waals surface area contributed by atoms with Gasteiger partial charge in [-0.05, 0) is 35.9 Å². The Morgan fingerprint density at radius 1 is 1.10 bits per heavy atom. The first-order chi connectivity index (χ1) is 14.0. The Hall–Kier alpha value is -3.54. The van der Waals surface area contributed by atoms with Gasteiger partial charge in [0, 0.05) is 16.9 Å². The topological polar surface area (TPSA) is 106 Å². The number of esters is 1. The number of nitrogens with one attached hydrogen (secondary N) is 1. The van der Waals surface area contributed by atoms with Crippen LogP contribution in [-0.2, 0) is 27.2 Å². The predicted octanol–water partition coefficient (Wildman–Crippen LogP) is 2.29. The van der Waals surface area contributed by atoms with Crippen LogP contribution >= 0.6 is 0 Å². The quantitative estimate of drug-likeness (QED) is 0.290. The fourth-order valence-corrected chi connectivity index (χ4v) is 2.81. The zero-order valence-electron chi connectivity index (χ0n) is 15.1. The van der Waals surface area contributed by atoms with E-state index in [1.165, 1.54) is 6.07 Å². The molecule has 1 unspecified atom stereocenters. The minimum absolute atomic E-state index is 0.0159. The van der Waals surface area contributed by atoms with Crippen molar-refractivity contribution in [2.45, 2.75) is 11.6 Å². The number of aromatic nitrogens is 1. The van der Waals surface area contributed by atoms with Gasteiger partial charge in [0.05, 0.1) is 12.1 Å². The minimum Gasteiger partial charge on any atom is -0.451 e. The first-order valence-corrected chi connectivity index (χ1v) is 9.63. The summed E-state index contributed by atoms with van der Waals surface area (Å²) in [5, 5.41) is 3.29. The molecule has 0 aliphatic rings. The Balaban J connectivity index is 1.53. The van der Waals surface area contributed by atoms with E-state index in [4.69, 9.17) is 9.29 Å². The van der Waals surface area contributed by atoms with Crippen LogP contribution < -0.4 is 5.32 Å². The Labute approximate surface area is 169 Å². The van der Waals surface area contributed by atoms with Crippen LogP contribution in [0.4, 0.5) is 0 Å². The number of amides is 1. The van der Waals surface area contributed by atoms with Crippen LogP contribution in [0.15, 0.2) is 65.7 Å². The second kappa shape index (κ2) is 9.59. The third-order valence-corrected chi connectivity index (χ3v) is 4.43. The molecule has 0 saturated carbocycles. The molecule has 29 heavy (non-hydrogen) atoms. The average molecular weight is 408 g/mol. The maximum atomic E-state index is 12.2. The molecule has 3 aromatic rings. The molecule has 0 aliphatic heterocycles. The van der Waals surface area contributed by atoms with Crippen LogP contribution in [0.5, 0.6) is 0 Å². The molecule has 0 saturated heterocycles. The molecular formula is C21H16N2O5S. The van der Waals surface area contributed by atoms with Gasteiger partial charge in [0.15, 0.2) is 5.03 Å². The fourth-order valence-electron chi connectivity index (χ4n) is 2.45. The Morgan fingerprint density at radius 3 is 2.66 bits per heavy atom. The lowest BCUT2D eigenvalue weighted by Crippen LogP contribution is -2.23. The van der Waals surface area contributed by atoms with Gasteiger partial charge >= 0.3 is 5.97 Å². The molecule has 0 spiro atoms. The Morgan fingerprint density at radius 2 is 1.90 bits per heavy atom. The van der Waals surface area contributed by atoms with Gasteiger partial charge in [-0.2, -0.15) is 0 Å². The van der Waals surface area contributed by atoms with Gasteiger partial charge in [0.2, 0.25) is 11.1 Å². The van der Waals surface area contributed by atoms with E-state index in [1.54, 1.807) is 24.3 Å². The van der Waals surface area contributed by atoms with E-state index < -0.39 is 17.0 Å². The number of hydrogen-bond acceptors (Lipinski definition) is 5. The summed E-state index contributed by atoms with van der Waals surface area (Å²) < 4.78 is 25.2. The third kappa shape index (κ3) is 5.72. The van der Waals surface area contributed by atoms with E-state index >= 15 is 0 Å². The molecule has 1 heterocycles. The first-order valence-electron chi connectivity index (χ1n) is 8.52. The van der Waals surface area contributed by atoms with Crippen molar-refractivity contribution in [3.8, 4) is 11.8 Å². The maximum Gasteiger partial charge on any atom is 0.384 e. The van der Waals surface area contributed by atoms with E-state index in [9.17, 15) is 13.8 Å². The summed E-state index contributed by atoms with van der Waals surface area (Å²) in [5.74, 6) is 3.83. The van der Waals surface area contributed by atoms with Crippen LogP contribution in [0.3, 0.4) is 0 Å². The zero-order valence-corrected chi connectivity index (χ0v) is 15.9. The number of fused-ring (bicyclic) bond motifs is 1. The molecule has 8 heteroatoms. The van der Waals surface area contributed by atoms with Crippen molar-refractivity contribution in [1.82, 2.24) is 10.3 Å². The van der Waals surface area contributed by atoms with Crippen molar-refractivity contribution < 1.29 is 23.1 Å². The van der Waals surface area contributed by atoms with Crippen molar-refractivity contribution >= 4 is 33.9 Å². The standard InChI is InChI=1S/C21H16N2O5S/c24-20(28-14-15-5-2-1-3-6-15)7-4-12-22-21(25)17-8-10-18-16(13-17)9-11-19(23-18)29(26)27/h1-3,5-6,8-11,13H,12,14H2,(H,22,25)(H,26,27). The Bertz CT molecular complexity index is 1140.